The summed E-state index contributed by atoms with van der Waals surface area (Å²) in [6.45, 7) is 0.0379. The van der Waals surface area contributed by atoms with E-state index in [9.17, 15) is 22.8 Å². The van der Waals surface area contributed by atoms with E-state index in [2.05, 4.69) is 10.1 Å². The Balaban J connectivity index is 1.61. The standard InChI is InChI=1S/C22H19F3N2O4/c1-13-11-19(14(2)27(13)17-7-3-15(23)4-8-17)21(29)30-12-20(28)26-16-5-9-18(10-6-16)31-22(24)25/h3-11,22H,12H2,1-2H3,(H,26,28). The van der Waals surface area contributed by atoms with Gasteiger partial charge in [-0.05, 0) is 68.4 Å². The fraction of sp³-hybridized carbons (Fsp3) is 0.182. The molecular weight excluding hydrogens is 413 g/mol. The summed E-state index contributed by atoms with van der Waals surface area (Å²) in [6.07, 6.45) is 0. The first-order valence-electron chi connectivity index (χ1n) is 9.21. The normalized spacial score (nSPS) is 10.8. The van der Waals surface area contributed by atoms with Gasteiger partial charge in [-0.15, -0.1) is 0 Å². The fourth-order valence-corrected chi connectivity index (χ4v) is 3.08. The summed E-state index contributed by atoms with van der Waals surface area (Å²) >= 11 is 0. The van der Waals surface area contributed by atoms with Gasteiger partial charge in [-0.25, -0.2) is 9.18 Å². The Labute approximate surface area is 176 Å². The zero-order valence-electron chi connectivity index (χ0n) is 16.7. The van der Waals surface area contributed by atoms with Gasteiger partial charge in [-0.2, -0.15) is 8.78 Å². The first-order chi connectivity index (χ1) is 14.7. The second kappa shape index (κ2) is 9.38. The highest BCUT2D eigenvalue weighted by atomic mass is 19.3. The molecule has 0 aliphatic heterocycles. The molecule has 0 saturated carbocycles. The van der Waals surface area contributed by atoms with E-state index >= 15 is 0 Å². The van der Waals surface area contributed by atoms with Gasteiger partial charge in [0.05, 0.1) is 5.56 Å². The Morgan fingerprint density at radius 2 is 1.68 bits per heavy atom. The predicted molar refractivity (Wildman–Crippen MR) is 107 cm³/mol. The Morgan fingerprint density at radius 3 is 2.29 bits per heavy atom. The van der Waals surface area contributed by atoms with Gasteiger partial charge < -0.3 is 19.4 Å². The van der Waals surface area contributed by atoms with Gasteiger partial charge in [-0.3, -0.25) is 4.79 Å². The highest BCUT2D eigenvalue weighted by Crippen LogP contribution is 2.22. The summed E-state index contributed by atoms with van der Waals surface area (Å²) < 4.78 is 48.6. The highest BCUT2D eigenvalue weighted by Gasteiger charge is 2.19. The van der Waals surface area contributed by atoms with E-state index < -0.39 is 25.1 Å². The monoisotopic (exact) mass is 432 g/mol. The van der Waals surface area contributed by atoms with Crippen LogP contribution < -0.4 is 10.1 Å². The zero-order valence-corrected chi connectivity index (χ0v) is 16.7. The van der Waals surface area contributed by atoms with Gasteiger partial charge in [-0.1, -0.05) is 0 Å². The summed E-state index contributed by atoms with van der Waals surface area (Å²) in [7, 11) is 0. The third-order valence-electron chi connectivity index (χ3n) is 4.43. The number of nitrogens with one attached hydrogen (secondary N) is 1. The molecule has 3 aromatic rings. The van der Waals surface area contributed by atoms with E-state index in [0.717, 1.165) is 5.69 Å². The third-order valence-corrected chi connectivity index (χ3v) is 4.43. The summed E-state index contributed by atoms with van der Waals surface area (Å²) in [5, 5.41) is 2.49. The predicted octanol–water partition coefficient (Wildman–Crippen LogP) is 4.63. The molecule has 0 fully saturated rings. The SMILES string of the molecule is Cc1cc(C(=O)OCC(=O)Nc2ccc(OC(F)F)cc2)c(C)n1-c1ccc(F)cc1. The van der Waals surface area contributed by atoms with Crippen molar-refractivity contribution in [2.45, 2.75) is 20.5 Å². The number of benzene rings is 2. The molecule has 162 valence electrons. The fourth-order valence-electron chi connectivity index (χ4n) is 3.08. The van der Waals surface area contributed by atoms with E-state index in [4.69, 9.17) is 4.74 Å². The number of halogens is 3. The second-order valence-electron chi connectivity index (χ2n) is 6.62. The van der Waals surface area contributed by atoms with E-state index in [1.165, 1.54) is 36.4 Å². The van der Waals surface area contributed by atoms with Crippen LogP contribution in [0.1, 0.15) is 21.7 Å². The zero-order chi connectivity index (χ0) is 22.5. The minimum atomic E-state index is -2.94. The van der Waals surface area contributed by atoms with E-state index in [1.807, 2.05) is 0 Å². The van der Waals surface area contributed by atoms with Gasteiger partial charge in [0.2, 0.25) is 0 Å². The molecule has 0 saturated heterocycles. The van der Waals surface area contributed by atoms with E-state index in [1.54, 1.807) is 36.6 Å². The number of amides is 1. The molecule has 0 bridgehead atoms. The number of esters is 1. The van der Waals surface area contributed by atoms with Crippen molar-refractivity contribution in [1.29, 1.82) is 0 Å². The number of alkyl halides is 2. The van der Waals surface area contributed by atoms with Crippen molar-refractivity contribution in [1.82, 2.24) is 4.57 Å². The Hall–Kier alpha value is -3.75. The molecule has 6 nitrogen and oxygen atoms in total. The molecule has 1 amide bonds. The number of hydrogen-bond acceptors (Lipinski definition) is 4. The molecular formula is C22H19F3N2O4. The molecule has 0 spiro atoms. The number of anilines is 1. The minimum Gasteiger partial charge on any atom is -0.452 e. The second-order valence-corrected chi connectivity index (χ2v) is 6.62. The molecule has 9 heteroatoms. The molecule has 1 N–H and O–H groups in total. The van der Waals surface area contributed by atoms with Crippen LogP contribution >= 0.6 is 0 Å². The lowest BCUT2D eigenvalue weighted by Gasteiger charge is -2.10. The molecule has 31 heavy (non-hydrogen) atoms. The van der Waals surface area contributed by atoms with Gasteiger partial charge in [0, 0.05) is 22.8 Å². The number of aromatic nitrogens is 1. The van der Waals surface area contributed by atoms with E-state index in [0.29, 0.717) is 17.1 Å². The van der Waals surface area contributed by atoms with Crippen LogP contribution in [-0.4, -0.2) is 29.7 Å². The molecule has 1 heterocycles. The summed E-state index contributed by atoms with van der Waals surface area (Å²) in [5.41, 5.74) is 2.63. The lowest BCUT2D eigenvalue weighted by Crippen LogP contribution is -2.21. The Bertz CT molecular complexity index is 1080. The van der Waals surface area contributed by atoms with Gasteiger partial charge in [0.15, 0.2) is 6.61 Å². The van der Waals surface area contributed by atoms with E-state index in [-0.39, 0.29) is 17.1 Å². The summed E-state index contributed by atoms with van der Waals surface area (Å²) in [4.78, 5) is 24.5. The van der Waals surface area contributed by atoms with Gasteiger partial charge in [0.25, 0.3) is 5.91 Å². The number of hydrogen-bond donors (Lipinski definition) is 1. The van der Waals surface area contributed by atoms with Crippen LogP contribution in [-0.2, 0) is 9.53 Å². The molecule has 1 aromatic heterocycles. The molecule has 3 rings (SSSR count). The maximum Gasteiger partial charge on any atom is 0.387 e. The molecule has 0 radical (unpaired) electrons. The Morgan fingerprint density at radius 1 is 1.03 bits per heavy atom. The van der Waals surface area contributed by atoms with Crippen molar-refractivity contribution in [3.05, 3.63) is 77.4 Å². The number of rotatable bonds is 7. The van der Waals surface area contributed by atoms with Crippen LogP contribution in [0.3, 0.4) is 0 Å². The maximum atomic E-state index is 13.2. The third kappa shape index (κ3) is 5.44. The topological polar surface area (TPSA) is 69.6 Å². The molecule has 0 aliphatic rings. The van der Waals surface area contributed by atoms with Crippen molar-refractivity contribution in [3.63, 3.8) is 0 Å². The van der Waals surface area contributed by atoms with Crippen molar-refractivity contribution in [2.75, 3.05) is 11.9 Å². The lowest BCUT2D eigenvalue weighted by molar-refractivity contribution is -0.119. The largest absolute Gasteiger partial charge is 0.452 e. The molecule has 2 aromatic carbocycles. The van der Waals surface area contributed by atoms with Crippen LogP contribution in [0.5, 0.6) is 5.75 Å². The maximum absolute atomic E-state index is 13.2. The molecule has 0 atom stereocenters. The number of carbonyl (C=O) groups excluding carboxylic acids is 2. The summed E-state index contributed by atoms with van der Waals surface area (Å²) in [5.74, 6) is -1.69. The van der Waals surface area contributed by atoms with Crippen LogP contribution in [0.2, 0.25) is 0 Å². The van der Waals surface area contributed by atoms with Crippen LogP contribution in [0.15, 0.2) is 54.6 Å². The van der Waals surface area contributed by atoms with Crippen molar-refractivity contribution < 1.29 is 32.2 Å². The minimum absolute atomic E-state index is 0.0454. The summed E-state index contributed by atoms with van der Waals surface area (Å²) in [6, 6.07) is 12.8. The average Bonchev–Trinajstić information content (AvgIpc) is 3.02. The van der Waals surface area contributed by atoms with Crippen molar-refractivity contribution in [3.8, 4) is 11.4 Å². The molecule has 0 unspecified atom stereocenters. The molecule has 0 aliphatic carbocycles. The van der Waals surface area contributed by atoms with Crippen LogP contribution in [0, 0.1) is 19.7 Å². The lowest BCUT2D eigenvalue weighted by atomic mass is 10.2. The first-order valence-corrected chi connectivity index (χ1v) is 9.21. The number of carbonyl (C=O) groups is 2. The Kier molecular flexibility index (Phi) is 6.64. The van der Waals surface area contributed by atoms with Crippen molar-refractivity contribution >= 4 is 17.6 Å². The first kappa shape index (κ1) is 21.9. The smallest absolute Gasteiger partial charge is 0.387 e. The quantitative estimate of drug-likeness (QED) is 0.553. The number of nitrogens with zero attached hydrogens (tertiary/aromatic N) is 1. The van der Waals surface area contributed by atoms with Gasteiger partial charge >= 0.3 is 12.6 Å². The van der Waals surface area contributed by atoms with Crippen LogP contribution in [0.25, 0.3) is 5.69 Å². The average molecular weight is 432 g/mol. The van der Waals surface area contributed by atoms with Crippen molar-refractivity contribution in [2.24, 2.45) is 0 Å². The van der Waals surface area contributed by atoms with Crippen LogP contribution in [0.4, 0.5) is 18.9 Å². The van der Waals surface area contributed by atoms with Gasteiger partial charge in [0.1, 0.15) is 11.6 Å². The highest BCUT2D eigenvalue weighted by molar-refractivity contribution is 5.96. The number of ether oxygens (including phenoxy) is 2. The number of aryl methyl sites for hydroxylation is 1.